The van der Waals surface area contributed by atoms with Crippen LogP contribution in [0.25, 0.3) is 0 Å². The smallest absolute Gasteiger partial charge is 0.272 e. The molecule has 1 saturated carbocycles. The van der Waals surface area contributed by atoms with Crippen molar-refractivity contribution in [2.45, 2.75) is 51.0 Å². The number of nitrogens with zero attached hydrogens (tertiary/aromatic N) is 3. The largest absolute Gasteiger partial charge is 0.337 e. The average Bonchev–Trinajstić information content (AvgIpc) is 3.09. The van der Waals surface area contributed by atoms with E-state index < -0.39 is 0 Å². The maximum absolute atomic E-state index is 12.5. The maximum atomic E-state index is 12.5. The molecule has 1 saturated heterocycles. The molecule has 4 heteroatoms. The molecule has 1 aliphatic heterocycles. The van der Waals surface area contributed by atoms with E-state index in [-0.39, 0.29) is 5.91 Å². The van der Waals surface area contributed by atoms with Gasteiger partial charge < -0.3 is 4.90 Å². The molecule has 98 valence electrons. The highest BCUT2D eigenvalue weighted by molar-refractivity contribution is 5.92. The van der Waals surface area contributed by atoms with Crippen LogP contribution in [0.15, 0.2) is 12.3 Å². The van der Waals surface area contributed by atoms with Crippen LogP contribution in [-0.4, -0.2) is 33.7 Å². The summed E-state index contributed by atoms with van der Waals surface area (Å²) in [6.45, 7) is 1.82. The van der Waals surface area contributed by atoms with Gasteiger partial charge in [0.2, 0.25) is 0 Å². The van der Waals surface area contributed by atoms with Crippen LogP contribution >= 0.6 is 0 Å². The van der Waals surface area contributed by atoms with Gasteiger partial charge in [-0.1, -0.05) is 12.8 Å². The Morgan fingerprint density at radius 1 is 1.11 bits per heavy atom. The molecule has 0 radical (unpaired) electrons. The molecule has 0 aromatic carbocycles. The number of rotatable bonds is 2. The van der Waals surface area contributed by atoms with Crippen LogP contribution in [0.4, 0.5) is 0 Å². The second-order valence-corrected chi connectivity index (χ2v) is 5.45. The van der Waals surface area contributed by atoms with Crippen molar-refractivity contribution in [3.8, 4) is 0 Å². The first-order valence-electron chi connectivity index (χ1n) is 7.19. The quantitative estimate of drug-likeness (QED) is 0.805. The van der Waals surface area contributed by atoms with Crippen LogP contribution in [0.3, 0.4) is 0 Å². The minimum absolute atomic E-state index is 0.180. The maximum Gasteiger partial charge on any atom is 0.272 e. The van der Waals surface area contributed by atoms with Gasteiger partial charge in [0.1, 0.15) is 5.69 Å². The van der Waals surface area contributed by atoms with Gasteiger partial charge in [-0.25, -0.2) is 0 Å². The van der Waals surface area contributed by atoms with E-state index in [9.17, 15) is 4.79 Å². The predicted octanol–water partition coefficient (Wildman–Crippen LogP) is 2.62. The Labute approximate surface area is 108 Å². The highest BCUT2D eigenvalue weighted by atomic mass is 16.2. The Morgan fingerprint density at radius 3 is 2.56 bits per heavy atom. The lowest BCUT2D eigenvalue weighted by molar-refractivity contribution is 0.0708. The molecule has 1 aromatic heterocycles. The molecule has 1 aromatic rings. The zero-order valence-corrected chi connectivity index (χ0v) is 10.8. The summed E-state index contributed by atoms with van der Waals surface area (Å²) in [6.07, 6.45) is 10.2. The lowest BCUT2D eigenvalue weighted by atomic mass is 10.1. The van der Waals surface area contributed by atoms with Crippen LogP contribution in [0.5, 0.6) is 0 Å². The van der Waals surface area contributed by atoms with Crippen LogP contribution in [0.1, 0.15) is 61.5 Å². The minimum Gasteiger partial charge on any atom is -0.337 e. The number of carbonyl (C=O) groups is 1. The van der Waals surface area contributed by atoms with Crippen molar-refractivity contribution >= 4 is 5.91 Å². The number of carbonyl (C=O) groups excluding carboxylic acids is 1. The van der Waals surface area contributed by atoms with E-state index in [1.54, 1.807) is 6.20 Å². The van der Waals surface area contributed by atoms with Gasteiger partial charge in [-0.05, 0) is 38.2 Å². The second-order valence-electron chi connectivity index (χ2n) is 5.45. The van der Waals surface area contributed by atoms with Gasteiger partial charge in [-0.3, -0.25) is 9.48 Å². The van der Waals surface area contributed by atoms with Gasteiger partial charge >= 0.3 is 0 Å². The third-order valence-corrected chi connectivity index (χ3v) is 4.20. The van der Waals surface area contributed by atoms with Gasteiger partial charge in [-0.15, -0.1) is 0 Å². The van der Waals surface area contributed by atoms with E-state index in [1.807, 2.05) is 15.6 Å². The summed E-state index contributed by atoms with van der Waals surface area (Å²) in [4.78, 5) is 14.5. The number of likely N-dealkylation sites (tertiary alicyclic amines) is 1. The standard InChI is InChI=1S/C14H21N3O/c18-14(16-10-4-1-5-11-16)13-8-9-15-17(13)12-6-2-3-7-12/h8-9,12H,1-7,10-11H2. The van der Waals surface area contributed by atoms with Crippen LogP contribution in [0, 0.1) is 0 Å². The molecule has 0 bridgehead atoms. The van der Waals surface area contributed by atoms with Crippen molar-refractivity contribution in [1.29, 1.82) is 0 Å². The molecule has 2 fully saturated rings. The summed E-state index contributed by atoms with van der Waals surface area (Å²) in [6, 6.07) is 2.33. The minimum atomic E-state index is 0.180. The summed E-state index contributed by atoms with van der Waals surface area (Å²) in [5.74, 6) is 0.180. The SMILES string of the molecule is O=C(c1ccnn1C1CCCC1)N1CCCCC1. The third kappa shape index (κ3) is 2.16. The first-order valence-corrected chi connectivity index (χ1v) is 7.19. The van der Waals surface area contributed by atoms with E-state index in [4.69, 9.17) is 0 Å². The summed E-state index contributed by atoms with van der Waals surface area (Å²) in [5, 5.41) is 4.38. The van der Waals surface area contributed by atoms with Crippen molar-refractivity contribution < 1.29 is 4.79 Å². The Balaban J connectivity index is 1.78. The molecule has 1 amide bonds. The van der Waals surface area contributed by atoms with E-state index in [1.165, 1.54) is 32.1 Å². The molecule has 0 N–H and O–H groups in total. The molecular weight excluding hydrogens is 226 g/mol. The Kier molecular flexibility index (Phi) is 3.35. The number of hydrogen-bond donors (Lipinski definition) is 0. The fourth-order valence-corrected chi connectivity index (χ4v) is 3.18. The van der Waals surface area contributed by atoms with Crippen molar-refractivity contribution in [3.05, 3.63) is 18.0 Å². The summed E-state index contributed by atoms with van der Waals surface area (Å²) in [5.41, 5.74) is 0.795. The Bertz CT molecular complexity index is 414. The molecule has 0 spiro atoms. The normalized spacial score (nSPS) is 21.4. The van der Waals surface area contributed by atoms with Gasteiger partial charge in [0, 0.05) is 19.3 Å². The number of amides is 1. The van der Waals surface area contributed by atoms with Crippen molar-refractivity contribution in [2.75, 3.05) is 13.1 Å². The number of hydrogen-bond acceptors (Lipinski definition) is 2. The fraction of sp³-hybridized carbons (Fsp3) is 0.714. The summed E-state index contributed by atoms with van der Waals surface area (Å²) < 4.78 is 1.98. The van der Waals surface area contributed by atoms with Gasteiger partial charge in [0.05, 0.1) is 6.04 Å². The molecular formula is C14H21N3O. The molecule has 0 unspecified atom stereocenters. The number of piperidine rings is 1. The van der Waals surface area contributed by atoms with Crippen LogP contribution in [-0.2, 0) is 0 Å². The third-order valence-electron chi connectivity index (χ3n) is 4.20. The van der Waals surface area contributed by atoms with Crippen molar-refractivity contribution in [1.82, 2.24) is 14.7 Å². The van der Waals surface area contributed by atoms with Gasteiger partial charge in [-0.2, -0.15) is 5.10 Å². The lowest BCUT2D eigenvalue weighted by Gasteiger charge is -2.27. The summed E-state index contributed by atoms with van der Waals surface area (Å²) >= 11 is 0. The topological polar surface area (TPSA) is 38.1 Å². The predicted molar refractivity (Wildman–Crippen MR) is 69.5 cm³/mol. The number of aromatic nitrogens is 2. The summed E-state index contributed by atoms with van der Waals surface area (Å²) in [7, 11) is 0. The fourth-order valence-electron chi connectivity index (χ4n) is 3.18. The zero-order chi connectivity index (χ0) is 12.4. The zero-order valence-electron chi connectivity index (χ0n) is 10.8. The van der Waals surface area contributed by atoms with E-state index in [2.05, 4.69) is 5.10 Å². The van der Waals surface area contributed by atoms with Crippen LogP contribution < -0.4 is 0 Å². The monoisotopic (exact) mass is 247 g/mol. The molecule has 0 atom stereocenters. The molecule has 2 heterocycles. The molecule has 2 aliphatic rings. The highest BCUT2D eigenvalue weighted by Crippen LogP contribution is 2.30. The van der Waals surface area contributed by atoms with Gasteiger partial charge in [0.15, 0.2) is 0 Å². The van der Waals surface area contributed by atoms with Crippen LogP contribution in [0.2, 0.25) is 0 Å². The Hall–Kier alpha value is -1.32. The van der Waals surface area contributed by atoms with E-state index >= 15 is 0 Å². The highest BCUT2D eigenvalue weighted by Gasteiger charge is 2.26. The molecule has 18 heavy (non-hydrogen) atoms. The first-order chi connectivity index (χ1) is 8.86. The first kappa shape index (κ1) is 11.8. The molecule has 4 nitrogen and oxygen atoms in total. The average molecular weight is 247 g/mol. The van der Waals surface area contributed by atoms with Crippen molar-refractivity contribution in [2.24, 2.45) is 0 Å². The second kappa shape index (κ2) is 5.12. The Morgan fingerprint density at radius 2 is 1.83 bits per heavy atom. The van der Waals surface area contributed by atoms with E-state index in [0.717, 1.165) is 31.6 Å². The molecule has 3 rings (SSSR count). The lowest BCUT2D eigenvalue weighted by Crippen LogP contribution is -2.37. The van der Waals surface area contributed by atoms with Crippen molar-refractivity contribution in [3.63, 3.8) is 0 Å². The molecule has 1 aliphatic carbocycles. The van der Waals surface area contributed by atoms with Gasteiger partial charge in [0.25, 0.3) is 5.91 Å². The van der Waals surface area contributed by atoms with E-state index in [0.29, 0.717) is 6.04 Å².